The minimum absolute atomic E-state index is 0.617. The fourth-order valence-corrected chi connectivity index (χ4v) is 3.39. The van der Waals surface area contributed by atoms with Crippen molar-refractivity contribution in [3.63, 3.8) is 0 Å². The first kappa shape index (κ1) is 14.0. The quantitative estimate of drug-likeness (QED) is 0.729. The molecule has 1 aromatic rings. The minimum atomic E-state index is 0.617. The number of aromatic nitrogens is 1. The highest BCUT2D eigenvalue weighted by molar-refractivity contribution is 7.98. The highest BCUT2D eigenvalue weighted by Gasteiger charge is 2.10. The number of ether oxygens (including phenoxy) is 1. The summed E-state index contributed by atoms with van der Waals surface area (Å²) in [5.41, 5.74) is 1.09. The molecule has 0 saturated heterocycles. The molecule has 0 amide bonds. The molecular weight excluding hydrogens is 240 g/mol. The lowest BCUT2D eigenvalue weighted by Gasteiger charge is -1.98. The summed E-state index contributed by atoms with van der Waals surface area (Å²) in [7, 11) is 3.68. The van der Waals surface area contributed by atoms with Gasteiger partial charge in [-0.05, 0) is 19.2 Å². The van der Waals surface area contributed by atoms with Crippen LogP contribution < -0.4 is 5.32 Å². The minimum Gasteiger partial charge on any atom is -0.378 e. The zero-order chi connectivity index (χ0) is 11.8. The Morgan fingerprint density at radius 3 is 2.94 bits per heavy atom. The summed E-state index contributed by atoms with van der Waals surface area (Å²) < 4.78 is 5.16. The molecule has 1 rings (SSSR count). The number of hydrogen-bond donors (Lipinski definition) is 1. The van der Waals surface area contributed by atoms with Crippen LogP contribution in [0.1, 0.15) is 28.9 Å². The van der Waals surface area contributed by atoms with Gasteiger partial charge in [0, 0.05) is 24.3 Å². The van der Waals surface area contributed by atoms with E-state index in [1.807, 2.05) is 18.8 Å². The Labute approximate surface area is 106 Å². The summed E-state index contributed by atoms with van der Waals surface area (Å²) in [6.07, 6.45) is 1.23. The zero-order valence-electron chi connectivity index (χ0n) is 10.2. The molecule has 3 nitrogen and oxygen atoms in total. The lowest BCUT2D eigenvalue weighted by Crippen LogP contribution is -2.06. The Bertz CT molecular complexity index is 279. The molecule has 0 aliphatic heterocycles. The molecule has 92 valence electrons. The number of methoxy groups -OCH3 is 1. The van der Waals surface area contributed by atoms with Gasteiger partial charge in [-0.3, -0.25) is 0 Å². The van der Waals surface area contributed by atoms with Gasteiger partial charge in [0.15, 0.2) is 0 Å². The average molecular weight is 260 g/mol. The summed E-state index contributed by atoms with van der Waals surface area (Å²) in [4.78, 5) is 5.93. The second kappa shape index (κ2) is 8.06. The molecule has 1 N–H and O–H groups in total. The van der Waals surface area contributed by atoms with Crippen LogP contribution in [0, 0.1) is 0 Å². The van der Waals surface area contributed by atoms with E-state index in [4.69, 9.17) is 4.74 Å². The molecule has 0 unspecified atom stereocenters. The number of nitrogens with one attached hydrogen (secondary N) is 1. The maximum atomic E-state index is 5.16. The van der Waals surface area contributed by atoms with E-state index in [1.54, 1.807) is 18.4 Å². The number of nitrogens with zero attached hydrogens (tertiary/aromatic N) is 1. The lowest BCUT2D eigenvalue weighted by atomic mass is 10.4. The number of rotatable bonds is 8. The van der Waals surface area contributed by atoms with Crippen molar-refractivity contribution in [2.75, 3.05) is 19.9 Å². The molecule has 0 aliphatic rings. The molecule has 1 aromatic heterocycles. The number of thioether (sulfide) groups is 1. The van der Waals surface area contributed by atoms with Crippen LogP contribution in [-0.2, 0) is 23.6 Å². The smallest absolute Gasteiger partial charge is 0.103 e. The fraction of sp³-hybridized carbons (Fsp3) is 0.727. The summed E-state index contributed by atoms with van der Waals surface area (Å²) in [5, 5.41) is 4.39. The molecule has 0 atom stereocenters. The molecule has 0 saturated carbocycles. The van der Waals surface area contributed by atoms with Crippen molar-refractivity contribution in [3.05, 3.63) is 15.6 Å². The SMILES string of the molecule is CCCSCc1nc(COC)c(CNC)s1. The van der Waals surface area contributed by atoms with Gasteiger partial charge in [0.1, 0.15) is 5.01 Å². The van der Waals surface area contributed by atoms with Crippen LogP contribution in [0.4, 0.5) is 0 Å². The third-order valence-electron chi connectivity index (χ3n) is 2.01. The van der Waals surface area contributed by atoms with E-state index in [2.05, 4.69) is 17.2 Å². The van der Waals surface area contributed by atoms with Gasteiger partial charge in [0.25, 0.3) is 0 Å². The van der Waals surface area contributed by atoms with Crippen molar-refractivity contribution in [2.24, 2.45) is 0 Å². The second-order valence-corrected chi connectivity index (χ2v) is 5.77. The molecule has 0 aliphatic carbocycles. The summed E-state index contributed by atoms with van der Waals surface area (Å²) in [6.45, 7) is 3.71. The van der Waals surface area contributed by atoms with Gasteiger partial charge in [-0.15, -0.1) is 11.3 Å². The molecule has 0 bridgehead atoms. The Morgan fingerprint density at radius 1 is 1.50 bits per heavy atom. The molecule has 1 heterocycles. The van der Waals surface area contributed by atoms with Crippen molar-refractivity contribution in [2.45, 2.75) is 32.2 Å². The Morgan fingerprint density at radius 2 is 2.31 bits per heavy atom. The van der Waals surface area contributed by atoms with Crippen LogP contribution in [-0.4, -0.2) is 24.9 Å². The Hall–Kier alpha value is -0.100. The molecule has 0 aromatic carbocycles. The van der Waals surface area contributed by atoms with Crippen LogP contribution in [0.3, 0.4) is 0 Å². The lowest BCUT2D eigenvalue weighted by molar-refractivity contribution is 0.181. The molecule has 0 spiro atoms. The summed E-state index contributed by atoms with van der Waals surface area (Å²) in [5.74, 6) is 2.24. The standard InChI is InChI=1S/C11H20N2OS2/c1-4-5-15-8-11-13-9(7-14-3)10(16-11)6-12-2/h12H,4-8H2,1-3H3. The first-order chi connectivity index (χ1) is 7.81. The summed E-state index contributed by atoms with van der Waals surface area (Å²) in [6, 6.07) is 0. The van der Waals surface area contributed by atoms with Crippen LogP contribution in [0.5, 0.6) is 0 Å². The third-order valence-corrected chi connectivity index (χ3v) is 4.47. The molecule has 5 heteroatoms. The van der Waals surface area contributed by atoms with Gasteiger partial charge >= 0.3 is 0 Å². The number of thiazole rings is 1. The van der Waals surface area contributed by atoms with E-state index in [0.29, 0.717) is 6.61 Å². The van der Waals surface area contributed by atoms with Crippen LogP contribution in [0.25, 0.3) is 0 Å². The second-order valence-electron chi connectivity index (χ2n) is 3.49. The largest absolute Gasteiger partial charge is 0.378 e. The van der Waals surface area contributed by atoms with Crippen molar-refractivity contribution < 1.29 is 4.74 Å². The molecule has 16 heavy (non-hydrogen) atoms. The first-order valence-electron chi connectivity index (χ1n) is 5.50. The van der Waals surface area contributed by atoms with Crippen molar-refractivity contribution >= 4 is 23.1 Å². The van der Waals surface area contributed by atoms with E-state index < -0.39 is 0 Å². The summed E-state index contributed by atoms with van der Waals surface area (Å²) >= 11 is 3.75. The zero-order valence-corrected chi connectivity index (χ0v) is 11.8. The Balaban J connectivity index is 2.60. The van der Waals surface area contributed by atoms with E-state index in [9.17, 15) is 0 Å². The van der Waals surface area contributed by atoms with E-state index >= 15 is 0 Å². The monoisotopic (exact) mass is 260 g/mol. The molecular formula is C11H20N2OS2. The van der Waals surface area contributed by atoms with Crippen LogP contribution >= 0.6 is 23.1 Å². The molecule has 0 radical (unpaired) electrons. The van der Waals surface area contributed by atoms with Gasteiger partial charge in [-0.2, -0.15) is 11.8 Å². The van der Waals surface area contributed by atoms with Gasteiger partial charge < -0.3 is 10.1 Å². The topological polar surface area (TPSA) is 34.1 Å². The first-order valence-corrected chi connectivity index (χ1v) is 7.47. The van der Waals surface area contributed by atoms with Crippen molar-refractivity contribution in [1.82, 2.24) is 10.3 Å². The van der Waals surface area contributed by atoms with E-state index in [0.717, 1.165) is 18.0 Å². The predicted octanol–water partition coefficient (Wildman–Crippen LogP) is 2.65. The van der Waals surface area contributed by atoms with Gasteiger partial charge in [-0.1, -0.05) is 6.92 Å². The number of hydrogen-bond acceptors (Lipinski definition) is 5. The maximum absolute atomic E-state index is 5.16. The maximum Gasteiger partial charge on any atom is 0.103 e. The van der Waals surface area contributed by atoms with Crippen molar-refractivity contribution in [1.29, 1.82) is 0 Å². The highest BCUT2D eigenvalue weighted by Crippen LogP contribution is 2.23. The van der Waals surface area contributed by atoms with Crippen molar-refractivity contribution in [3.8, 4) is 0 Å². The van der Waals surface area contributed by atoms with Crippen LogP contribution in [0.15, 0.2) is 0 Å². The average Bonchev–Trinajstić information content (AvgIpc) is 2.63. The third kappa shape index (κ3) is 4.41. The van der Waals surface area contributed by atoms with Gasteiger partial charge in [0.05, 0.1) is 12.3 Å². The van der Waals surface area contributed by atoms with E-state index in [-0.39, 0.29) is 0 Å². The Kier molecular flexibility index (Phi) is 7.03. The van der Waals surface area contributed by atoms with Gasteiger partial charge in [-0.25, -0.2) is 4.98 Å². The predicted molar refractivity (Wildman–Crippen MR) is 72.0 cm³/mol. The van der Waals surface area contributed by atoms with Crippen LogP contribution in [0.2, 0.25) is 0 Å². The normalized spacial score (nSPS) is 10.9. The van der Waals surface area contributed by atoms with Gasteiger partial charge in [0.2, 0.25) is 0 Å². The fourth-order valence-electron chi connectivity index (χ4n) is 1.35. The molecule has 0 fully saturated rings. The highest BCUT2D eigenvalue weighted by atomic mass is 32.2. The van der Waals surface area contributed by atoms with E-state index in [1.165, 1.54) is 22.1 Å².